The zero-order valence-corrected chi connectivity index (χ0v) is 15.9. The molecule has 4 aliphatic rings. The molecule has 0 radical (unpaired) electrons. The number of carbonyl (C=O) groups is 2. The van der Waals surface area contributed by atoms with E-state index in [-0.39, 0.29) is 41.5 Å². The summed E-state index contributed by atoms with van der Waals surface area (Å²) in [7, 11) is 0. The first kappa shape index (κ1) is 18.6. The van der Waals surface area contributed by atoms with E-state index in [9.17, 15) is 24.9 Å². The van der Waals surface area contributed by atoms with Crippen molar-refractivity contribution in [2.45, 2.75) is 76.9 Å². The molecule has 0 spiro atoms. The monoisotopic (exact) mass is 364 g/mol. The van der Waals surface area contributed by atoms with Gasteiger partial charge in [0.2, 0.25) is 0 Å². The molecule has 146 valence electrons. The van der Waals surface area contributed by atoms with Gasteiger partial charge in [-0.15, -0.1) is 0 Å². The molecule has 3 N–H and O–H groups in total. The molecule has 4 rings (SSSR count). The Morgan fingerprint density at radius 2 is 1.88 bits per heavy atom. The van der Waals surface area contributed by atoms with Gasteiger partial charge >= 0.3 is 0 Å². The van der Waals surface area contributed by atoms with Crippen LogP contribution in [0.5, 0.6) is 0 Å². The van der Waals surface area contributed by atoms with E-state index in [0.717, 1.165) is 38.5 Å². The normalized spacial score (nSPS) is 53.6. The molecule has 4 saturated carbocycles. The fourth-order valence-corrected chi connectivity index (χ4v) is 7.64. The van der Waals surface area contributed by atoms with Crippen LogP contribution in [0.4, 0.5) is 0 Å². The second kappa shape index (κ2) is 5.86. The Kier molecular flexibility index (Phi) is 4.18. The quantitative estimate of drug-likeness (QED) is 0.695. The van der Waals surface area contributed by atoms with Gasteiger partial charge in [-0.3, -0.25) is 9.59 Å². The molecular formula is C21H32O5. The summed E-state index contributed by atoms with van der Waals surface area (Å²) in [5.41, 5.74) is -2.40. The van der Waals surface area contributed by atoms with Crippen molar-refractivity contribution in [3.8, 4) is 0 Å². The van der Waals surface area contributed by atoms with Crippen molar-refractivity contribution in [3.05, 3.63) is 0 Å². The Labute approximate surface area is 155 Å². The number of aliphatic hydroxyl groups is 3. The van der Waals surface area contributed by atoms with Crippen molar-refractivity contribution in [1.82, 2.24) is 0 Å². The van der Waals surface area contributed by atoms with Crippen molar-refractivity contribution in [3.63, 3.8) is 0 Å². The summed E-state index contributed by atoms with van der Waals surface area (Å²) in [5.74, 6) is 0.380. The fraction of sp³-hybridized carbons (Fsp3) is 0.905. The maximum Gasteiger partial charge on any atom is 0.190 e. The third-order valence-electron chi connectivity index (χ3n) is 9.08. The molecule has 0 unspecified atom stereocenters. The fourth-order valence-electron chi connectivity index (χ4n) is 7.64. The zero-order valence-electron chi connectivity index (χ0n) is 15.9. The lowest BCUT2D eigenvalue weighted by Crippen LogP contribution is -2.62. The molecular weight excluding hydrogens is 332 g/mol. The zero-order chi connectivity index (χ0) is 18.9. The summed E-state index contributed by atoms with van der Waals surface area (Å²) in [6.07, 6.45) is 5.47. The second-order valence-corrected chi connectivity index (χ2v) is 10.00. The Morgan fingerprint density at radius 3 is 2.58 bits per heavy atom. The molecule has 5 nitrogen and oxygen atoms in total. The molecule has 4 fully saturated rings. The second-order valence-electron chi connectivity index (χ2n) is 10.00. The van der Waals surface area contributed by atoms with E-state index in [2.05, 4.69) is 6.92 Å². The number of fused-ring (bicyclic) bond motifs is 5. The highest BCUT2D eigenvalue weighted by atomic mass is 16.3. The van der Waals surface area contributed by atoms with E-state index < -0.39 is 23.4 Å². The van der Waals surface area contributed by atoms with Crippen LogP contribution in [0.15, 0.2) is 0 Å². The van der Waals surface area contributed by atoms with E-state index in [1.807, 2.05) is 6.92 Å². The van der Waals surface area contributed by atoms with Crippen LogP contribution in [-0.4, -0.2) is 45.2 Å². The summed E-state index contributed by atoms with van der Waals surface area (Å²) < 4.78 is 0. The van der Waals surface area contributed by atoms with Crippen molar-refractivity contribution >= 4 is 11.6 Å². The highest BCUT2D eigenvalue weighted by Gasteiger charge is 2.68. The molecule has 26 heavy (non-hydrogen) atoms. The number of hydrogen-bond acceptors (Lipinski definition) is 5. The van der Waals surface area contributed by atoms with Gasteiger partial charge in [0.15, 0.2) is 5.78 Å². The van der Waals surface area contributed by atoms with Gasteiger partial charge in [0.05, 0.1) is 6.10 Å². The number of ketones is 2. The SMILES string of the molecule is C[C@]12CC[C@@H](O)C[C@H]1CC[C@H]1[C@H]2C(=O)C[C@@]2(C)[C@@H]1CC[C@]2(O)C(=O)CO. The molecule has 0 saturated heterocycles. The van der Waals surface area contributed by atoms with Crippen LogP contribution in [0.3, 0.4) is 0 Å². The lowest BCUT2D eigenvalue weighted by molar-refractivity contribution is -0.180. The molecule has 0 aromatic heterocycles. The lowest BCUT2D eigenvalue weighted by Gasteiger charge is -2.60. The van der Waals surface area contributed by atoms with E-state index in [0.29, 0.717) is 12.3 Å². The van der Waals surface area contributed by atoms with Gasteiger partial charge in [0, 0.05) is 17.8 Å². The van der Waals surface area contributed by atoms with Crippen LogP contribution in [0.2, 0.25) is 0 Å². The van der Waals surface area contributed by atoms with Crippen LogP contribution < -0.4 is 0 Å². The van der Waals surface area contributed by atoms with Crippen molar-refractivity contribution in [1.29, 1.82) is 0 Å². The summed E-state index contributed by atoms with van der Waals surface area (Å²) in [6.45, 7) is 3.46. The first-order valence-corrected chi connectivity index (χ1v) is 10.2. The predicted molar refractivity (Wildman–Crippen MR) is 95.2 cm³/mol. The minimum absolute atomic E-state index is 0.0154. The van der Waals surface area contributed by atoms with E-state index in [4.69, 9.17) is 0 Å². The highest BCUT2D eigenvalue weighted by molar-refractivity contribution is 5.92. The largest absolute Gasteiger partial charge is 0.393 e. The number of aliphatic hydroxyl groups excluding tert-OH is 2. The summed E-state index contributed by atoms with van der Waals surface area (Å²) in [6, 6.07) is 0. The third kappa shape index (κ3) is 2.20. The van der Waals surface area contributed by atoms with Crippen LogP contribution in [0, 0.1) is 34.5 Å². The predicted octanol–water partition coefficient (Wildman–Crippen LogP) is 1.86. The molecule has 4 aliphatic carbocycles. The van der Waals surface area contributed by atoms with Crippen LogP contribution in [-0.2, 0) is 9.59 Å². The average Bonchev–Trinajstić information content (AvgIpc) is 2.86. The molecule has 8 atom stereocenters. The van der Waals surface area contributed by atoms with Crippen molar-refractivity contribution in [2.24, 2.45) is 34.5 Å². The van der Waals surface area contributed by atoms with Crippen LogP contribution in [0.25, 0.3) is 0 Å². The van der Waals surface area contributed by atoms with Crippen molar-refractivity contribution < 1.29 is 24.9 Å². The van der Waals surface area contributed by atoms with Gasteiger partial charge < -0.3 is 15.3 Å². The van der Waals surface area contributed by atoms with Gasteiger partial charge in [-0.1, -0.05) is 13.8 Å². The third-order valence-corrected chi connectivity index (χ3v) is 9.08. The summed E-state index contributed by atoms with van der Waals surface area (Å²) >= 11 is 0. The molecule has 0 heterocycles. The van der Waals surface area contributed by atoms with Gasteiger partial charge in [-0.25, -0.2) is 0 Å². The Bertz CT molecular complexity index is 632. The van der Waals surface area contributed by atoms with E-state index >= 15 is 0 Å². The highest BCUT2D eigenvalue weighted by Crippen LogP contribution is 2.67. The van der Waals surface area contributed by atoms with E-state index in [1.165, 1.54) is 0 Å². The lowest BCUT2D eigenvalue weighted by atomic mass is 9.44. The maximum absolute atomic E-state index is 13.4. The molecule has 0 bridgehead atoms. The Balaban J connectivity index is 1.70. The molecule has 5 heteroatoms. The van der Waals surface area contributed by atoms with Gasteiger partial charge in [0.25, 0.3) is 0 Å². The van der Waals surface area contributed by atoms with Crippen molar-refractivity contribution in [2.75, 3.05) is 6.61 Å². The number of Topliss-reactive ketones (excluding diaryl/α,β-unsaturated/α-hetero) is 2. The number of rotatable bonds is 2. The molecule has 0 aromatic carbocycles. The van der Waals surface area contributed by atoms with Crippen LogP contribution in [0.1, 0.15) is 65.2 Å². The molecule has 0 aliphatic heterocycles. The Hall–Kier alpha value is -0.780. The number of carbonyl (C=O) groups excluding carboxylic acids is 2. The smallest absolute Gasteiger partial charge is 0.190 e. The summed E-state index contributed by atoms with van der Waals surface area (Å²) in [5, 5.41) is 30.6. The van der Waals surface area contributed by atoms with Crippen LogP contribution >= 0.6 is 0 Å². The minimum Gasteiger partial charge on any atom is -0.393 e. The maximum atomic E-state index is 13.4. The standard InChI is InChI=1S/C21H32O5/c1-19-7-5-13(23)9-12(19)3-4-14-15-6-8-21(26,17(25)11-22)20(15,2)10-16(24)18(14)19/h12-15,18,22-23,26H,3-11H2,1-2H3/t12-,13-,14-,15-,18+,19+,20+,21+/m1/s1. The van der Waals surface area contributed by atoms with Gasteiger partial charge in [0.1, 0.15) is 18.0 Å². The number of hydrogen-bond donors (Lipinski definition) is 3. The molecule has 0 aromatic rings. The minimum atomic E-state index is -1.58. The van der Waals surface area contributed by atoms with Gasteiger partial charge in [-0.2, -0.15) is 0 Å². The summed E-state index contributed by atoms with van der Waals surface area (Å²) in [4.78, 5) is 25.7. The van der Waals surface area contributed by atoms with Gasteiger partial charge in [-0.05, 0) is 68.1 Å². The molecule has 0 amide bonds. The van der Waals surface area contributed by atoms with E-state index in [1.54, 1.807) is 0 Å². The first-order valence-electron chi connectivity index (χ1n) is 10.2. The average molecular weight is 364 g/mol. The Morgan fingerprint density at radius 1 is 1.15 bits per heavy atom. The topological polar surface area (TPSA) is 94.8 Å². The first-order chi connectivity index (χ1) is 12.2.